The normalized spacial score (nSPS) is 18.7. The number of amides is 1. The molecule has 1 amide bonds. The fraction of sp³-hybridized carbons (Fsp3) is 0.423. The number of para-hydroxylation sites is 1. The van der Waals surface area contributed by atoms with Crippen molar-refractivity contribution >= 4 is 38.6 Å². The summed E-state index contributed by atoms with van der Waals surface area (Å²) in [5.74, 6) is 0.299. The van der Waals surface area contributed by atoms with Gasteiger partial charge in [-0.1, -0.05) is 29.8 Å². The molecule has 3 aromatic rings. The maximum absolute atomic E-state index is 13.5. The third-order valence-corrected chi connectivity index (χ3v) is 9.40. The molecule has 35 heavy (non-hydrogen) atoms. The smallest absolute Gasteiger partial charge is 0.409 e. The van der Waals surface area contributed by atoms with E-state index in [9.17, 15) is 13.2 Å². The van der Waals surface area contributed by atoms with Crippen molar-refractivity contribution < 1.29 is 17.9 Å². The van der Waals surface area contributed by atoms with Crippen molar-refractivity contribution in [2.75, 3.05) is 33.3 Å². The lowest BCUT2D eigenvalue weighted by Crippen LogP contribution is -2.48. The molecule has 3 heterocycles. The highest BCUT2D eigenvalue weighted by molar-refractivity contribution is 7.90. The summed E-state index contributed by atoms with van der Waals surface area (Å²) in [6, 6.07) is 14.5. The zero-order valence-corrected chi connectivity index (χ0v) is 21.3. The van der Waals surface area contributed by atoms with E-state index >= 15 is 0 Å². The van der Waals surface area contributed by atoms with Crippen LogP contribution in [0.5, 0.6) is 0 Å². The summed E-state index contributed by atoms with van der Waals surface area (Å²) in [5, 5.41) is 1.50. The van der Waals surface area contributed by atoms with E-state index in [1.807, 2.05) is 30.5 Å². The van der Waals surface area contributed by atoms with E-state index in [4.69, 9.17) is 16.3 Å². The highest BCUT2D eigenvalue weighted by atomic mass is 35.5. The number of likely N-dealkylation sites (tertiary alicyclic amines) is 2. The average Bonchev–Trinajstić information content (AvgIpc) is 3.29. The minimum atomic E-state index is -3.74. The van der Waals surface area contributed by atoms with Gasteiger partial charge in [-0.2, -0.15) is 0 Å². The lowest BCUT2D eigenvalue weighted by molar-refractivity contribution is 0.0734. The Morgan fingerprint density at radius 3 is 2.26 bits per heavy atom. The van der Waals surface area contributed by atoms with Crippen LogP contribution in [0, 0.1) is 0 Å². The van der Waals surface area contributed by atoms with Gasteiger partial charge in [0, 0.05) is 35.7 Å². The predicted molar refractivity (Wildman–Crippen MR) is 137 cm³/mol. The van der Waals surface area contributed by atoms with Crippen LogP contribution in [-0.4, -0.2) is 67.6 Å². The highest BCUT2D eigenvalue weighted by Gasteiger charge is 2.32. The van der Waals surface area contributed by atoms with E-state index in [0.29, 0.717) is 22.5 Å². The molecule has 0 unspecified atom stereocenters. The van der Waals surface area contributed by atoms with Gasteiger partial charge in [0.25, 0.3) is 10.0 Å². The minimum absolute atomic E-state index is 0.224. The van der Waals surface area contributed by atoms with E-state index in [1.165, 1.54) is 11.1 Å². The molecule has 1 aromatic heterocycles. The first-order valence-corrected chi connectivity index (χ1v) is 13.9. The van der Waals surface area contributed by atoms with Gasteiger partial charge in [0.2, 0.25) is 0 Å². The molecule has 2 aliphatic rings. The summed E-state index contributed by atoms with van der Waals surface area (Å²) in [4.78, 5) is 16.3. The SMILES string of the molecule is COC(=O)N1CCC(N2CCC(c3cn(S(=O)(=O)c4ccc(Cl)cc4)c4ccccc34)CC2)CC1. The zero-order chi connectivity index (χ0) is 24.6. The number of halogens is 1. The van der Waals surface area contributed by atoms with Gasteiger partial charge in [-0.3, -0.25) is 0 Å². The van der Waals surface area contributed by atoms with Gasteiger partial charge in [-0.15, -0.1) is 0 Å². The summed E-state index contributed by atoms with van der Waals surface area (Å²) < 4.78 is 33.2. The molecule has 9 heteroatoms. The van der Waals surface area contributed by atoms with Crippen molar-refractivity contribution in [2.24, 2.45) is 0 Å². The third-order valence-electron chi connectivity index (χ3n) is 7.46. The number of ether oxygens (including phenoxy) is 1. The molecule has 2 aromatic carbocycles. The van der Waals surface area contributed by atoms with Crippen molar-refractivity contribution in [1.82, 2.24) is 13.8 Å². The topological polar surface area (TPSA) is 71.8 Å². The zero-order valence-electron chi connectivity index (χ0n) is 19.8. The van der Waals surface area contributed by atoms with Crippen LogP contribution in [0.2, 0.25) is 5.02 Å². The van der Waals surface area contributed by atoms with Crippen molar-refractivity contribution in [3.8, 4) is 0 Å². The van der Waals surface area contributed by atoms with Crippen LogP contribution in [0.25, 0.3) is 10.9 Å². The Kier molecular flexibility index (Phi) is 6.79. The van der Waals surface area contributed by atoms with Gasteiger partial charge in [0.15, 0.2) is 0 Å². The number of hydrogen-bond donors (Lipinski definition) is 0. The summed E-state index contributed by atoms with van der Waals surface area (Å²) in [5.41, 5.74) is 1.80. The Hall–Kier alpha value is -2.55. The first kappa shape index (κ1) is 24.2. The molecule has 2 aliphatic heterocycles. The molecular formula is C26H30ClN3O4S. The maximum atomic E-state index is 13.5. The number of carbonyl (C=O) groups excluding carboxylic acids is 1. The van der Waals surface area contributed by atoms with Crippen LogP contribution in [0.15, 0.2) is 59.6 Å². The van der Waals surface area contributed by atoms with Crippen molar-refractivity contribution in [1.29, 1.82) is 0 Å². The Bertz CT molecular complexity index is 1310. The number of rotatable bonds is 4. The van der Waals surface area contributed by atoms with E-state index in [-0.39, 0.29) is 11.0 Å². The van der Waals surface area contributed by atoms with Crippen molar-refractivity contribution in [2.45, 2.75) is 42.5 Å². The molecule has 2 saturated heterocycles. The molecular weight excluding hydrogens is 486 g/mol. The Morgan fingerprint density at radius 2 is 1.60 bits per heavy atom. The van der Waals surface area contributed by atoms with Gasteiger partial charge in [-0.25, -0.2) is 17.2 Å². The summed E-state index contributed by atoms with van der Waals surface area (Å²) >= 11 is 5.98. The second-order valence-electron chi connectivity index (χ2n) is 9.35. The van der Waals surface area contributed by atoms with Crippen molar-refractivity contribution in [3.63, 3.8) is 0 Å². The number of carbonyl (C=O) groups is 1. The number of piperidine rings is 2. The van der Waals surface area contributed by atoms with Crippen LogP contribution in [-0.2, 0) is 14.8 Å². The molecule has 0 spiro atoms. The molecule has 7 nitrogen and oxygen atoms in total. The molecule has 0 saturated carbocycles. The fourth-order valence-corrected chi connectivity index (χ4v) is 7.04. The quantitative estimate of drug-likeness (QED) is 0.492. The lowest BCUT2D eigenvalue weighted by atomic mass is 9.88. The summed E-state index contributed by atoms with van der Waals surface area (Å²) in [6.45, 7) is 3.40. The largest absolute Gasteiger partial charge is 0.453 e. The molecule has 2 fully saturated rings. The minimum Gasteiger partial charge on any atom is -0.453 e. The summed E-state index contributed by atoms with van der Waals surface area (Å²) in [7, 11) is -2.31. The Labute approximate surface area is 211 Å². The van der Waals surface area contributed by atoms with Gasteiger partial charge in [-0.05, 0) is 80.6 Å². The first-order valence-electron chi connectivity index (χ1n) is 12.1. The van der Waals surface area contributed by atoms with Gasteiger partial charge >= 0.3 is 6.09 Å². The number of benzene rings is 2. The number of hydrogen-bond acceptors (Lipinski definition) is 5. The monoisotopic (exact) mass is 515 g/mol. The van der Waals surface area contributed by atoms with E-state index in [0.717, 1.165) is 62.8 Å². The summed E-state index contributed by atoms with van der Waals surface area (Å²) in [6.07, 6.45) is 5.45. The molecule has 0 radical (unpaired) electrons. The number of methoxy groups -OCH3 is 1. The third kappa shape index (κ3) is 4.67. The molecule has 0 aliphatic carbocycles. The first-order chi connectivity index (χ1) is 16.9. The van der Waals surface area contributed by atoms with E-state index in [1.54, 1.807) is 29.2 Å². The van der Waals surface area contributed by atoms with Gasteiger partial charge < -0.3 is 14.5 Å². The van der Waals surface area contributed by atoms with Crippen LogP contribution in [0.4, 0.5) is 4.79 Å². The molecule has 5 rings (SSSR count). The molecule has 0 bridgehead atoms. The lowest BCUT2D eigenvalue weighted by Gasteiger charge is -2.41. The second-order valence-corrected chi connectivity index (χ2v) is 11.6. The van der Waals surface area contributed by atoms with E-state index in [2.05, 4.69) is 4.90 Å². The Morgan fingerprint density at radius 1 is 0.943 bits per heavy atom. The van der Waals surface area contributed by atoms with Crippen LogP contribution >= 0.6 is 11.6 Å². The average molecular weight is 516 g/mol. The molecule has 186 valence electrons. The number of aromatic nitrogens is 1. The van der Waals surface area contributed by atoms with Crippen LogP contribution in [0.3, 0.4) is 0 Å². The van der Waals surface area contributed by atoms with Crippen LogP contribution < -0.4 is 0 Å². The Balaban J connectivity index is 1.34. The predicted octanol–water partition coefficient (Wildman–Crippen LogP) is 4.94. The number of fused-ring (bicyclic) bond motifs is 1. The van der Waals surface area contributed by atoms with Crippen LogP contribution in [0.1, 0.15) is 37.2 Å². The second kappa shape index (κ2) is 9.84. The fourth-order valence-electron chi connectivity index (χ4n) is 5.54. The molecule has 0 atom stereocenters. The van der Waals surface area contributed by atoms with Crippen molar-refractivity contribution in [3.05, 3.63) is 65.3 Å². The standard InChI is InChI=1S/C26H30ClN3O4S/c1-34-26(31)29-16-12-21(13-17-29)28-14-10-19(11-15-28)24-18-30(25-5-3-2-4-23(24)25)35(32,33)22-8-6-20(27)7-9-22/h2-9,18-19,21H,10-17H2,1H3. The number of nitrogens with zero attached hydrogens (tertiary/aromatic N) is 3. The maximum Gasteiger partial charge on any atom is 0.409 e. The molecule has 0 N–H and O–H groups in total. The van der Waals surface area contributed by atoms with Gasteiger partial charge in [0.1, 0.15) is 0 Å². The van der Waals surface area contributed by atoms with Gasteiger partial charge in [0.05, 0.1) is 17.5 Å². The highest BCUT2D eigenvalue weighted by Crippen LogP contribution is 2.37. The van der Waals surface area contributed by atoms with E-state index < -0.39 is 10.0 Å².